The molecule has 82 valence electrons. The van der Waals surface area contributed by atoms with E-state index < -0.39 is 11.1 Å². The summed E-state index contributed by atoms with van der Waals surface area (Å²) in [6, 6.07) is 2.53. The Morgan fingerprint density at radius 3 is 2.60 bits per heavy atom. The van der Waals surface area contributed by atoms with E-state index in [2.05, 4.69) is 5.32 Å². The van der Waals surface area contributed by atoms with Gasteiger partial charge in [-0.3, -0.25) is 4.79 Å². The summed E-state index contributed by atoms with van der Waals surface area (Å²) in [4.78, 5) is 10.9. The largest absolute Gasteiger partial charge is 0.425 e. The number of amides is 1. The van der Waals surface area contributed by atoms with E-state index in [1.807, 2.05) is 0 Å². The van der Waals surface area contributed by atoms with Crippen molar-refractivity contribution in [3.05, 3.63) is 21.9 Å². The van der Waals surface area contributed by atoms with Crippen LogP contribution >= 0.6 is 11.3 Å². The molecule has 0 radical (unpaired) electrons. The molecule has 1 atom stereocenters. The first kappa shape index (κ1) is 10.5. The molecule has 2 heterocycles. The Balaban J connectivity index is 2.17. The standard InChI is InChI=1S/C9H8F3NOS/c10-9(11,12)7-2-1-6(15-7)5-3-8(14)13-4-5/h1-2,5H,3-4H2,(H,13,14). The van der Waals surface area contributed by atoms with Gasteiger partial charge in [-0.1, -0.05) is 0 Å². The number of nitrogens with one attached hydrogen (secondary N) is 1. The molecule has 1 unspecified atom stereocenters. The van der Waals surface area contributed by atoms with Crippen LogP contribution in [0.4, 0.5) is 13.2 Å². The zero-order valence-electron chi connectivity index (χ0n) is 7.60. The zero-order valence-corrected chi connectivity index (χ0v) is 8.41. The van der Waals surface area contributed by atoms with Crippen molar-refractivity contribution in [3.8, 4) is 0 Å². The summed E-state index contributed by atoms with van der Waals surface area (Å²) in [5.41, 5.74) is 0. The lowest BCUT2D eigenvalue weighted by Crippen LogP contribution is -2.13. The summed E-state index contributed by atoms with van der Waals surface area (Å²) in [7, 11) is 0. The Labute approximate surface area is 88.1 Å². The monoisotopic (exact) mass is 235 g/mol. The van der Waals surface area contributed by atoms with E-state index in [-0.39, 0.29) is 18.2 Å². The van der Waals surface area contributed by atoms with E-state index in [1.54, 1.807) is 0 Å². The van der Waals surface area contributed by atoms with Gasteiger partial charge < -0.3 is 5.32 Å². The Bertz CT molecular complexity index is 385. The summed E-state index contributed by atoms with van der Waals surface area (Å²) in [5, 5.41) is 2.60. The van der Waals surface area contributed by atoms with Crippen molar-refractivity contribution in [2.75, 3.05) is 6.54 Å². The highest BCUT2D eigenvalue weighted by Crippen LogP contribution is 2.38. The van der Waals surface area contributed by atoms with Gasteiger partial charge in [-0.05, 0) is 12.1 Å². The molecular weight excluding hydrogens is 227 g/mol. The van der Waals surface area contributed by atoms with E-state index in [4.69, 9.17) is 0 Å². The number of alkyl halides is 3. The Morgan fingerprint density at radius 2 is 2.13 bits per heavy atom. The molecule has 1 aromatic rings. The summed E-state index contributed by atoms with van der Waals surface area (Å²) < 4.78 is 36.9. The van der Waals surface area contributed by atoms with Crippen molar-refractivity contribution < 1.29 is 18.0 Å². The third-order valence-electron chi connectivity index (χ3n) is 2.29. The highest BCUT2D eigenvalue weighted by molar-refractivity contribution is 7.12. The molecule has 1 aromatic heterocycles. The second-order valence-electron chi connectivity index (χ2n) is 3.40. The number of carbonyl (C=O) groups excluding carboxylic acids is 1. The van der Waals surface area contributed by atoms with Gasteiger partial charge >= 0.3 is 6.18 Å². The second-order valence-corrected chi connectivity index (χ2v) is 4.52. The predicted octanol–water partition coefficient (Wildman–Crippen LogP) is 2.37. The van der Waals surface area contributed by atoms with Crippen LogP contribution in [0.5, 0.6) is 0 Å². The van der Waals surface area contributed by atoms with E-state index in [0.717, 1.165) is 17.4 Å². The summed E-state index contributed by atoms with van der Waals surface area (Å²) in [5.74, 6) is -0.194. The van der Waals surface area contributed by atoms with E-state index >= 15 is 0 Å². The number of halogens is 3. The Hall–Kier alpha value is -1.04. The second kappa shape index (κ2) is 3.52. The maximum absolute atomic E-state index is 12.3. The molecule has 0 aromatic carbocycles. The fourth-order valence-corrected chi connectivity index (χ4v) is 2.51. The van der Waals surface area contributed by atoms with Crippen molar-refractivity contribution >= 4 is 17.2 Å². The quantitative estimate of drug-likeness (QED) is 0.795. The van der Waals surface area contributed by atoms with Gasteiger partial charge in [0.1, 0.15) is 4.88 Å². The fourth-order valence-electron chi connectivity index (χ4n) is 1.53. The Kier molecular flexibility index (Phi) is 2.46. The first-order valence-electron chi connectivity index (χ1n) is 4.40. The molecule has 1 N–H and O–H groups in total. The summed E-state index contributed by atoms with van der Waals surface area (Å²) in [6.07, 6.45) is -3.99. The van der Waals surface area contributed by atoms with Gasteiger partial charge in [0.25, 0.3) is 0 Å². The molecule has 1 amide bonds. The Morgan fingerprint density at radius 1 is 1.40 bits per heavy atom. The van der Waals surface area contributed by atoms with Gasteiger partial charge in [0.2, 0.25) is 5.91 Å². The van der Waals surface area contributed by atoms with Crippen molar-refractivity contribution in [3.63, 3.8) is 0 Å². The maximum atomic E-state index is 12.3. The third kappa shape index (κ3) is 2.14. The van der Waals surface area contributed by atoms with Crippen LogP contribution in [-0.4, -0.2) is 12.5 Å². The molecular formula is C9H8F3NOS. The SMILES string of the molecule is O=C1CC(c2ccc(C(F)(F)F)s2)CN1. The van der Waals surface area contributed by atoms with Gasteiger partial charge in [-0.2, -0.15) is 13.2 Å². The molecule has 0 saturated carbocycles. The number of thiophene rings is 1. The van der Waals surface area contributed by atoms with E-state index in [0.29, 0.717) is 11.4 Å². The summed E-state index contributed by atoms with van der Waals surface area (Å²) in [6.45, 7) is 0.441. The van der Waals surface area contributed by atoms with Crippen LogP contribution in [0.15, 0.2) is 12.1 Å². The van der Waals surface area contributed by atoms with Crippen LogP contribution in [0.25, 0.3) is 0 Å². The van der Waals surface area contributed by atoms with Crippen LogP contribution in [0.2, 0.25) is 0 Å². The molecule has 2 nitrogen and oxygen atoms in total. The molecule has 1 fully saturated rings. The molecule has 2 rings (SSSR count). The lowest BCUT2D eigenvalue weighted by molar-refractivity contribution is -0.134. The minimum Gasteiger partial charge on any atom is -0.355 e. The van der Waals surface area contributed by atoms with Crippen LogP contribution in [0.1, 0.15) is 22.1 Å². The van der Waals surface area contributed by atoms with E-state index in [9.17, 15) is 18.0 Å². The van der Waals surface area contributed by atoms with Crippen LogP contribution < -0.4 is 5.32 Å². The van der Waals surface area contributed by atoms with Gasteiger partial charge in [0, 0.05) is 23.8 Å². The minimum absolute atomic E-state index is 0.0954. The van der Waals surface area contributed by atoms with Crippen molar-refractivity contribution in [2.45, 2.75) is 18.5 Å². The van der Waals surface area contributed by atoms with Crippen molar-refractivity contribution in [2.24, 2.45) is 0 Å². The molecule has 6 heteroatoms. The highest BCUT2D eigenvalue weighted by atomic mass is 32.1. The predicted molar refractivity (Wildman–Crippen MR) is 49.7 cm³/mol. The lowest BCUT2D eigenvalue weighted by atomic mass is 10.1. The topological polar surface area (TPSA) is 29.1 Å². The van der Waals surface area contributed by atoms with E-state index in [1.165, 1.54) is 6.07 Å². The minimum atomic E-state index is -4.28. The van der Waals surface area contributed by atoms with Crippen molar-refractivity contribution in [1.29, 1.82) is 0 Å². The normalized spacial score (nSPS) is 21.8. The average Bonchev–Trinajstić information content (AvgIpc) is 2.69. The number of rotatable bonds is 1. The molecule has 15 heavy (non-hydrogen) atoms. The van der Waals surface area contributed by atoms with Crippen LogP contribution in [0.3, 0.4) is 0 Å². The summed E-state index contributed by atoms with van der Waals surface area (Å²) >= 11 is 0.722. The highest BCUT2D eigenvalue weighted by Gasteiger charge is 2.34. The molecule has 1 aliphatic rings. The fraction of sp³-hybridized carbons (Fsp3) is 0.444. The third-order valence-corrected chi connectivity index (χ3v) is 3.58. The van der Waals surface area contributed by atoms with Gasteiger partial charge in [0.15, 0.2) is 0 Å². The maximum Gasteiger partial charge on any atom is 0.425 e. The number of hydrogen-bond acceptors (Lipinski definition) is 2. The first-order chi connectivity index (χ1) is 6.97. The molecule has 0 aliphatic carbocycles. The molecule has 1 aliphatic heterocycles. The lowest BCUT2D eigenvalue weighted by Gasteiger charge is -2.03. The number of carbonyl (C=O) groups is 1. The first-order valence-corrected chi connectivity index (χ1v) is 5.22. The molecule has 1 saturated heterocycles. The van der Waals surface area contributed by atoms with Crippen LogP contribution in [0, 0.1) is 0 Å². The molecule has 0 bridgehead atoms. The van der Waals surface area contributed by atoms with Crippen LogP contribution in [-0.2, 0) is 11.0 Å². The van der Waals surface area contributed by atoms with Gasteiger partial charge in [-0.25, -0.2) is 0 Å². The average molecular weight is 235 g/mol. The number of hydrogen-bond donors (Lipinski definition) is 1. The van der Waals surface area contributed by atoms with Crippen molar-refractivity contribution in [1.82, 2.24) is 5.32 Å². The van der Waals surface area contributed by atoms with Gasteiger partial charge in [-0.15, -0.1) is 11.3 Å². The molecule has 0 spiro atoms. The smallest absolute Gasteiger partial charge is 0.355 e. The zero-order chi connectivity index (χ0) is 11.1. The van der Waals surface area contributed by atoms with Gasteiger partial charge in [0.05, 0.1) is 0 Å².